The standard InChI is InChI=1S/C9H15N3O6.3C3H4O2/c1-4-16-10-7(13)11(17-5-2)9(15)12(8(10)14)18-6-3;3*1-2-3(4)5/h4-6H2,1-3H3;3*2H,1H2,(H,4,5). The van der Waals surface area contributed by atoms with Crippen molar-refractivity contribution in [2.24, 2.45) is 0 Å². The van der Waals surface area contributed by atoms with Crippen LogP contribution in [0, 0.1) is 0 Å². The lowest BCUT2D eigenvalue weighted by molar-refractivity contribution is -0.132. The summed E-state index contributed by atoms with van der Waals surface area (Å²) in [5.74, 6) is -2.94. The lowest BCUT2D eigenvalue weighted by Gasteiger charge is -2.12. The third-order valence-corrected chi connectivity index (χ3v) is 2.34. The van der Waals surface area contributed by atoms with Gasteiger partial charge in [0.1, 0.15) is 19.8 Å². The fraction of sp³-hybridized carbons (Fsp3) is 0.333. The second-order valence-corrected chi connectivity index (χ2v) is 4.61. The van der Waals surface area contributed by atoms with Crippen molar-refractivity contribution < 1.29 is 44.2 Å². The van der Waals surface area contributed by atoms with Gasteiger partial charge in [-0.2, -0.15) is 0 Å². The number of hydrogen-bond acceptors (Lipinski definition) is 9. The van der Waals surface area contributed by atoms with Gasteiger partial charge in [0.25, 0.3) is 0 Å². The molecule has 0 saturated heterocycles. The number of aromatic nitrogens is 3. The Morgan fingerprint density at radius 3 is 0.879 bits per heavy atom. The number of aliphatic carboxylic acids is 3. The maximum absolute atomic E-state index is 11.8. The summed E-state index contributed by atoms with van der Waals surface area (Å²) in [5, 5.41) is 22.8. The van der Waals surface area contributed by atoms with Crippen molar-refractivity contribution in [2.75, 3.05) is 19.8 Å². The van der Waals surface area contributed by atoms with Gasteiger partial charge in [0, 0.05) is 18.2 Å². The van der Waals surface area contributed by atoms with E-state index in [0.29, 0.717) is 14.2 Å². The first-order valence-corrected chi connectivity index (χ1v) is 8.86. The normalized spacial score (nSPS) is 8.45. The van der Waals surface area contributed by atoms with E-state index in [1.54, 1.807) is 20.8 Å². The fourth-order valence-corrected chi connectivity index (χ4v) is 1.21. The first-order chi connectivity index (χ1) is 15.4. The molecule has 0 saturated carbocycles. The average Bonchev–Trinajstić information content (AvgIpc) is 2.78. The number of carbonyl (C=O) groups is 3. The SMILES string of the molecule is C=CC(=O)O.C=CC(=O)O.C=CC(=O)O.CCOn1c(=O)n(OCC)c(=O)n(OCC)c1=O. The molecular weight excluding hydrogens is 450 g/mol. The quantitative estimate of drug-likeness (QED) is 0.340. The smallest absolute Gasteiger partial charge is 0.403 e. The Kier molecular flexibility index (Phi) is 19.5. The van der Waals surface area contributed by atoms with Gasteiger partial charge >= 0.3 is 35.0 Å². The zero-order valence-electron chi connectivity index (χ0n) is 18.3. The molecule has 0 amide bonds. The van der Waals surface area contributed by atoms with Gasteiger partial charge in [0.15, 0.2) is 0 Å². The Morgan fingerprint density at radius 1 is 0.636 bits per heavy atom. The Bertz CT molecular complexity index is 817. The molecule has 0 fully saturated rings. The van der Waals surface area contributed by atoms with Gasteiger partial charge in [-0.25, -0.2) is 28.8 Å². The second-order valence-electron chi connectivity index (χ2n) is 4.61. The number of rotatable bonds is 9. The van der Waals surface area contributed by atoms with E-state index in [9.17, 15) is 28.8 Å². The molecule has 0 aliphatic heterocycles. The summed E-state index contributed by atoms with van der Waals surface area (Å²) in [6.45, 7) is 13.9. The summed E-state index contributed by atoms with van der Waals surface area (Å²) < 4.78 is 1.23. The predicted molar refractivity (Wildman–Crippen MR) is 114 cm³/mol. The summed E-state index contributed by atoms with van der Waals surface area (Å²) in [7, 11) is 0. The highest BCUT2D eigenvalue weighted by molar-refractivity contribution is 5.79. The van der Waals surface area contributed by atoms with Crippen LogP contribution in [0.3, 0.4) is 0 Å². The monoisotopic (exact) mass is 477 g/mol. The molecule has 15 nitrogen and oxygen atoms in total. The van der Waals surface area contributed by atoms with E-state index >= 15 is 0 Å². The molecule has 1 heterocycles. The zero-order valence-corrected chi connectivity index (χ0v) is 18.3. The van der Waals surface area contributed by atoms with Gasteiger partial charge in [0.2, 0.25) is 0 Å². The van der Waals surface area contributed by atoms with Gasteiger partial charge in [-0.1, -0.05) is 33.9 Å². The van der Waals surface area contributed by atoms with Crippen molar-refractivity contribution in [3.63, 3.8) is 0 Å². The molecule has 0 atom stereocenters. The molecule has 1 aromatic rings. The molecule has 33 heavy (non-hydrogen) atoms. The Balaban J connectivity index is -0.000000489. The molecule has 3 N–H and O–H groups in total. The lowest BCUT2D eigenvalue weighted by atomic mass is 10.7. The average molecular weight is 477 g/mol. The molecule has 0 aromatic carbocycles. The summed E-state index contributed by atoms with van der Waals surface area (Å²) in [6, 6.07) is 0. The van der Waals surface area contributed by atoms with Crippen molar-refractivity contribution >= 4 is 17.9 Å². The molecular formula is C18H27N3O12. The van der Waals surface area contributed by atoms with E-state index in [1.807, 2.05) is 0 Å². The Hall–Kier alpha value is -4.56. The van der Waals surface area contributed by atoms with Crippen molar-refractivity contribution in [1.82, 2.24) is 14.2 Å². The first-order valence-electron chi connectivity index (χ1n) is 8.86. The molecule has 0 aliphatic rings. The van der Waals surface area contributed by atoms with Gasteiger partial charge in [0.05, 0.1) is 0 Å². The van der Waals surface area contributed by atoms with E-state index in [-0.39, 0.29) is 19.8 Å². The minimum atomic E-state index is -1.01. The lowest BCUT2D eigenvalue weighted by Crippen LogP contribution is -2.59. The zero-order chi connectivity index (χ0) is 26.6. The van der Waals surface area contributed by atoms with E-state index in [1.165, 1.54) is 0 Å². The van der Waals surface area contributed by atoms with E-state index in [2.05, 4.69) is 19.7 Å². The third kappa shape index (κ3) is 15.0. The topological polar surface area (TPSA) is 206 Å². The van der Waals surface area contributed by atoms with Crippen LogP contribution in [0.15, 0.2) is 52.3 Å². The molecule has 15 heteroatoms. The minimum absolute atomic E-state index is 0.0750. The van der Waals surface area contributed by atoms with Crippen LogP contribution >= 0.6 is 0 Å². The molecule has 1 aromatic heterocycles. The maximum Gasteiger partial charge on any atom is 0.403 e. The summed E-state index contributed by atoms with van der Waals surface area (Å²) in [5.41, 5.74) is -3.03. The van der Waals surface area contributed by atoms with Crippen LogP contribution in [0.2, 0.25) is 0 Å². The van der Waals surface area contributed by atoms with Gasteiger partial charge in [-0.15, -0.1) is 0 Å². The highest BCUT2D eigenvalue weighted by atomic mass is 16.7. The number of carboxylic acid groups (broad SMARTS) is 3. The first kappa shape index (κ1) is 33.1. The van der Waals surface area contributed by atoms with Crippen molar-refractivity contribution in [3.8, 4) is 0 Å². The molecule has 0 unspecified atom stereocenters. The Labute approximate surface area is 187 Å². The molecule has 0 radical (unpaired) electrons. The number of nitrogens with zero attached hydrogens (tertiary/aromatic N) is 3. The van der Waals surface area contributed by atoms with Crippen LogP contribution in [0.5, 0.6) is 0 Å². The van der Waals surface area contributed by atoms with Crippen LogP contribution in [0.1, 0.15) is 20.8 Å². The van der Waals surface area contributed by atoms with E-state index < -0.39 is 35.0 Å². The van der Waals surface area contributed by atoms with Gasteiger partial charge in [-0.05, 0) is 20.8 Å². The van der Waals surface area contributed by atoms with Crippen molar-refractivity contribution in [1.29, 1.82) is 0 Å². The van der Waals surface area contributed by atoms with Crippen LogP contribution in [-0.2, 0) is 14.4 Å². The van der Waals surface area contributed by atoms with Crippen LogP contribution in [0.25, 0.3) is 0 Å². The fourth-order valence-electron chi connectivity index (χ4n) is 1.21. The van der Waals surface area contributed by atoms with Crippen LogP contribution in [0.4, 0.5) is 0 Å². The molecule has 186 valence electrons. The molecule has 0 aliphatic carbocycles. The molecule has 1 rings (SSSR count). The predicted octanol–water partition coefficient (Wildman–Crippen LogP) is -1.71. The minimum Gasteiger partial charge on any atom is -0.478 e. The number of carboxylic acids is 3. The summed E-state index contributed by atoms with van der Waals surface area (Å²) >= 11 is 0. The summed E-state index contributed by atoms with van der Waals surface area (Å²) in [6.07, 6.45) is 2.50. The van der Waals surface area contributed by atoms with Crippen molar-refractivity contribution in [3.05, 3.63) is 69.4 Å². The van der Waals surface area contributed by atoms with Gasteiger partial charge < -0.3 is 29.8 Å². The van der Waals surface area contributed by atoms with Gasteiger partial charge in [-0.3, -0.25) is 0 Å². The van der Waals surface area contributed by atoms with Crippen LogP contribution in [-0.4, -0.2) is 67.2 Å². The van der Waals surface area contributed by atoms with Crippen LogP contribution < -0.4 is 31.6 Å². The summed E-state index contributed by atoms with van der Waals surface area (Å²) in [4.78, 5) is 77.6. The number of hydrogen-bond donors (Lipinski definition) is 3. The molecule has 0 spiro atoms. The third-order valence-electron chi connectivity index (χ3n) is 2.34. The van der Waals surface area contributed by atoms with E-state index in [4.69, 9.17) is 29.8 Å². The Morgan fingerprint density at radius 2 is 0.788 bits per heavy atom. The highest BCUT2D eigenvalue weighted by Crippen LogP contribution is 1.70. The highest BCUT2D eigenvalue weighted by Gasteiger charge is 2.17. The van der Waals surface area contributed by atoms with Crippen molar-refractivity contribution in [2.45, 2.75) is 20.8 Å². The molecule has 0 bridgehead atoms. The van der Waals surface area contributed by atoms with E-state index in [0.717, 1.165) is 18.2 Å². The maximum atomic E-state index is 11.8. The second kappa shape index (κ2) is 19.4. The largest absolute Gasteiger partial charge is 0.478 e.